The van der Waals surface area contributed by atoms with E-state index >= 15 is 0 Å². The second kappa shape index (κ2) is 25.1. The van der Waals surface area contributed by atoms with Crippen molar-refractivity contribution in [2.75, 3.05) is 50.1 Å². The highest BCUT2D eigenvalue weighted by molar-refractivity contribution is 7.93. The van der Waals surface area contributed by atoms with Gasteiger partial charge in [0.1, 0.15) is 13.2 Å². The minimum Gasteiger partial charge on any atom is -0.493 e. The van der Waals surface area contributed by atoms with Gasteiger partial charge in [0.2, 0.25) is 23.1 Å². The van der Waals surface area contributed by atoms with Gasteiger partial charge in [0, 0.05) is 24.8 Å². The van der Waals surface area contributed by atoms with Crippen molar-refractivity contribution in [2.24, 2.45) is 0 Å². The number of benzene rings is 4. The van der Waals surface area contributed by atoms with Crippen LogP contribution in [0.2, 0.25) is 0 Å². The summed E-state index contributed by atoms with van der Waals surface area (Å²) >= 11 is 0. The molecule has 0 amide bonds. The van der Waals surface area contributed by atoms with E-state index in [0.717, 1.165) is 11.1 Å². The zero-order chi connectivity index (χ0) is 56.1. The Kier molecular flexibility index (Phi) is 18.3. The lowest BCUT2D eigenvalue weighted by Gasteiger charge is -2.20. The fraction of sp³-hybridized carbons (Fsp3) is 0.259. The van der Waals surface area contributed by atoms with E-state index in [1.807, 2.05) is 41.5 Å². The third-order valence-electron chi connectivity index (χ3n) is 10.9. The quantitative estimate of drug-likeness (QED) is 0.0557. The number of para-hydroxylation sites is 4. The number of aliphatic hydroxyl groups excluding tert-OH is 2. The lowest BCUT2D eigenvalue weighted by molar-refractivity contribution is 0.192. The molecule has 4 N–H and O–H groups in total. The summed E-state index contributed by atoms with van der Waals surface area (Å²) in [6, 6.07) is 30.0. The monoisotopic (exact) mass is 1100 g/mol. The standard InChI is InChI=1S/2C27H29N5O6S/c2*1-27(2,3)18-10-12-19(13-11-18)39(34,35)32-23-22(38-21-9-6-5-8-20(21)36-4)26(37-17-16-33)31-25(30-23)24-28-14-7-15-29-24/h2*5-15,33H,16-17H2,1-4H3,(H,30,31,32). The Morgan fingerprint density at radius 1 is 0.449 bits per heavy atom. The molecular formula is C54H58N10O12S2. The van der Waals surface area contributed by atoms with Crippen molar-refractivity contribution in [3.63, 3.8) is 0 Å². The molecule has 0 saturated heterocycles. The van der Waals surface area contributed by atoms with Crippen LogP contribution in [-0.2, 0) is 30.9 Å². The number of sulfonamides is 2. The summed E-state index contributed by atoms with van der Waals surface area (Å²) in [4.78, 5) is 34.2. The summed E-state index contributed by atoms with van der Waals surface area (Å²) in [5.41, 5.74) is 1.65. The Morgan fingerprint density at radius 2 is 0.782 bits per heavy atom. The Balaban J connectivity index is 0.000000226. The van der Waals surface area contributed by atoms with Gasteiger partial charge in [0.15, 0.2) is 46.3 Å². The first-order chi connectivity index (χ1) is 37.2. The van der Waals surface area contributed by atoms with Crippen molar-refractivity contribution in [2.45, 2.75) is 62.2 Å². The summed E-state index contributed by atoms with van der Waals surface area (Å²) in [6.45, 7) is 11.3. The molecule has 4 aromatic carbocycles. The zero-order valence-corrected chi connectivity index (χ0v) is 45.5. The Morgan fingerprint density at radius 3 is 1.09 bits per heavy atom. The SMILES string of the molecule is COc1ccccc1Oc1c(NS(=O)(=O)c2ccc(C(C)(C)C)cc2)nc(-c2ncccn2)nc1OCCO.COc1ccccc1Oc1c(NS(=O)(=O)c2ccc(C(C)(C)C)cc2)nc(-c2ncccn2)nc1OCCO. The van der Waals surface area contributed by atoms with Crippen molar-refractivity contribution < 1.29 is 55.5 Å². The van der Waals surface area contributed by atoms with Crippen LogP contribution in [0, 0.1) is 0 Å². The minimum absolute atomic E-state index is 0.0169. The highest BCUT2D eigenvalue weighted by atomic mass is 32.2. The number of ether oxygens (including phenoxy) is 6. The van der Waals surface area contributed by atoms with Crippen LogP contribution in [0.3, 0.4) is 0 Å². The molecule has 0 spiro atoms. The highest BCUT2D eigenvalue weighted by Gasteiger charge is 2.29. The molecule has 0 radical (unpaired) electrons. The molecule has 8 aromatic rings. The zero-order valence-electron chi connectivity index (χ0n) is 43.9. The number of nitrogens with zero attached hydrogens (tertiary/aromatic N) is 8. The number of hydrogen-bond acceptors (Lipinski definition) is 20. The maximum Gasteiger partial charge on any atom is 0.263 e. The number of hydrogen-bond donors (Lipinski definition) is 4. The Labute approximate surface area is 452 Å². The molecular weight excluding hydrogens is 1040 g/mol. The second-order valence-corrected chi connectivity index (χ2v) is 22.0. The summed E-state index contributed by atoms with van der Waals surface area (Å²) < 4.78 is 93.2. The van der Waals surface area contributed by atoms with E-state index in [0.29, 0.717) is 11.5 Å². The fourth-order valence-electron chi connectivity index (χ4n) is 6.96. The first-order valence-electron chi connectivity index (χ1n) is 24.0. The molecule has 408 valence electrons. The third kappa shape index (κ3) is 14.5. The van der Waals surface area contributed by atoms with Gasteiger partial charge in [-0.2, -0.15) is 9.97 Å². The van der Waals surface area contributed by atoms with Gasteiger partial charge in [0.05, 0.1) is 37.2 Å². The van der Waals surface area contributed by atoms with E-state index in [9.17, 15) is 27.0 Å². The van der Waals surface area contributed by atoms with Crippen LogP contribution >= 0.6 is 0 Å². The fourth-order valence-corrected chi connectivity index (χ4v) is 8.97. The molecule has 78 heavy (non-hydrogen) atoms. The molecule has 0 aliphatic rings. The van der Waals surface area contributed by atoms with E-state index < -0.39 is 20.0 Å². The maximum atomic E-state index is 13.5. The summed E-state index contributed by atoms with van der Waals surface area (Å²) in [7, 11) is -5.33. The third-order valence-corrected chi connectivity index (χ3v) is 13.7. The predicted octanol–water partition coefficient (Wildman–Crippen LogP) is 8.41. The molecule has 0 unspecified atom stereocenters. The molecule has 0 atom stereocenters. The molecule has 8 rings (SSSR count). The van der Waals surface area contributed by atoms with Crippen LogP contribution in [-0.4, -0.2) is 108 Å². The predicted molar refractivity (Wildman–Crippen MR) is 289 cm³/mol. The van der Waals surface area contributed by atoms with Crippen molar-refractivity contribution >= 4 is 31.7 Å². The van der Waals surface area contributed by atoms with Gasteiger partial charge in [0.25, 0.3) is 31.8 Å². The van der Waals surface area contributed by atoms with E-state index in [-0.39, 0.29) is 117 Å². The van der Waals surface area contributed by atoms with Gasteiger partial charge in [-0.15, -0.1) is 0 Å². The van der Waals surface area contributed by atoms with Gasteiger partial charge in [-0.25, -0.2) is 46.7 Å². The van der Waals surface area contributed by atoms with E-state index in [4.69, 9.17) is 28.4 Å². The Bertz CT molecular complexity index is 3280. The Hall–Kier alpha value is -8.58. The molecule has 24 heteroatoms. The number of rotatable bonds is 20. The van der Waals surface area contributed by atoms with E-state index in [2.05, 4.69) is 49.3 Å². The summed E-state index contributed by atoms with van der Waals surface area (Å²) in [6.07, 6.45) is 6.00. The summed E-state index contributed by atoms with van der Waals surface area (Å²) in [5, 5.41) is 18.8. The van der Waals surface area contributed by atoms with Crippen LogP contribution in [0.1, 0.15) is 52.7 Å². The van der Waals surface area contributed by atoms with Gasteiger partial charge in [-0.1, -0.05) is 90.1 Å². The molecule has 0 bridgehead atoms. The molecule has 22 nitrogen and oxygen atoms in total. The lowest BCUT2D eigenvalue weighted by Crippen LogP contribution is -2.17. The average Bonchev–Trinajstić information content (AvgIpc) is 3.48. The largest absolute Gasteiger partial charge is 0.493 e. The topological polar surface area (TPSA) is 291 Å². The molecule has 4 heterocycles. The average molecular weight is 1100 g/mol. The van der Waals surface area contributed by atoms with E-state index in [1.54, 1.807) is 84.9 Å². The van der Waals surface area contributed by atoms with Crippen molar-refractivity contribution in [1.82, 2.24) is 39.9 Å². The smallest absolute Gasteiger partial charge is 0.263 e. The summed E-state index contributed by atoms with van der Waals surface area (Å²) in [5.74, 6) is 0.542. The van der Waals surface area contributed by atoms with Crippen molar-refractivity contribution in [3.8, 4) is 69.6 Å². The minimum atomic E-state index is -4.14. The number of methoxy groups -OCH3 is 2. The number of nitrogens with one attached hydrogen (secondary N) is 2. The van der Waals surface area contributed by atoms with Crippen LogP contribution in [0.15, 0.2) is 144 Å². The molecule has 0 fully saturated rings. The van der Waals surface area contributed by atoms with Gasteiger partial charge < -0.3 is 38.6 Å². The second-order valence-electron chi connectivity index (χ2n) is 18.6. The number of anilines is 2. The molecule has 0 aliphatic heterocycles. The lowest BCUT2D eigenvalue weighted by atomic mass is 9.87. The van der Waals surface area contributed by atoms with Crippen LogP contribution in [0.5, 0.6) is 46.3 Å². The normalized spacial score (nSPS) is 11.6. The van der Waals surface area contributed by atoms with Crippen molar-refractivity contribution in [1.29, 1.82) is 0 Å². The van der Waals surface area contributed by atoms with Gasteiger partial charge in [-0.05, 0) is 82.6 Å². The maximum absolute atomic E-state index is 13.5. The first-order valence-corrected chi connectivity index (χ1v) is 27.0. The molecule has 0 aliphatic carbocycles. The van der Waals surface area contributed by atoms with Crippen LogP contribution in [0.4, 0.5) is 11.6 Å². The van der Waals surface area contributed by atoms with E-state index in [1.165, 1.54) is 63.3 Å². The van der Waals surface area contributed by atoms with Crippen LogP contribution < -0.4 is 37.9 Å². The number of aliphatic hydroxyl groups is 2. The van der Waals surface area contributed by atoms with Crippen LogP contribution in [0.25, 0.3) is 23.3 Å². The molecule has 4 aromatic heterocycles. The van der Waals surface area contributed by atoms with Gasteiger partial charge >= 0.3 is 0 Å². The number of aromatic nitrogens is 8. The van der Waals surface area contributed by atoms with Gasteiger partial charge in [-0.3, -0.25) is 9.44 Å². The first kappa shape index (κ1) is 57.1. The van der Waals surface area contributed by atoms with Crippen molar-refractivity contribution in [3.05, 3.63) is 145 Å². The molecule has 0 saturated carbocycles. The highest BCUT2D eigenvalue weighted by Crippen LogP contribution is 2.43.